The van der Waals surface area contributed by atoms with E-state index in [0.717, 1.165) is 22.7 Å². The fourth-order valence-corrected chi connectivity index (χ4v) is 2.44. The van der Waals surface area contributed by atoms with Gasteiger partial charge in [0.05, 0.1) is 6.07 Å². The molecule has 0 saturated carbocycles. The molecule has 5 nitrogen and oxygen atoms in total. The minimum atomic E-state index is -0.411. The third-order valence-corrected chi connectivity index (χ3v) is 3.49. The lowest BCUT2D eigenvalue weighted by atomic mass is 9.94. The Morgan fingerprint density at radius 3 is 2.60 bits per heavy atom. The first-order valence-corrected chi connectivity index (χ1v) is 6.47. The van der Waals surface area contributed by atoms with E-state index in [2.05, 4.69) is 11.1 Å². The van der Waals surface area contributed by atoms with Gasteiger partial charge < -0.3 is 14.0 Å². The number of rotatable bonds is 2. The van der Waals surface area contributed by atoms with Crippen molar-refractivity contribution in [3.8, 4) is 17.6 Å². The lowest BCUT2D eigenvalue weighted by molar-refractivity contribution is 0.171. The monoisotopic (exact) mass is 269 g/mol. The van der Waals surface area contributed by atoms with Crippen LogP contribution in [0.3, 0.4) is 0 Å². The highest BCUT2D eigenvalue weighted by Gasteiger charge is 2.23. The zero-order valence-corrected chi connectivity index (χ0v) is 11.5. The molecule has 102 valence electrons. The number of imidazole rings is 1. The van der Waals surface area contributed by atoms with Gasteiger partial charge in [-0.05, 0) is 30.2 Å². The van der Waals surface area contributed by atoms with Crippen molar-refractivity contribution >= 4 is 0 Å². The van der Waals surface area contributed by atoms with Gasteiger partial charge in [-0.1, -0.05) is 0 Å². The van der Waals surface area contributed by atoms with Crippen molar-refractivity contribution in [3.63, 3.8) is 0 Å². The van der Waals surface area contributed by atoms with Crippen LogP contribution in [0.4, 0.5) is 0 Å². The van der Waals surface area contributed by atoms with Crippen LogP contribution in [-0.4, -0.2) is 22.8 Å². The lowest BCUT2D eigenvalue weighted by Crippen LogP contribution is -2.16. The van der Waals surface area contributed by atoms with Gasteiger partial charge >= 0.3 is 0 Å². The van der Waals surface area contributed by atoms with E-state index >= 15 is 0 Å². The summed E-state index contributed by atoms with van der Waals surface area (Å²) in [6.07, 6.45) is 3.54. The van der Waals surface area contributed by atoms with Crippen molar-refractivity contribution in [2.75, 3.05) is 13.2 Å². The highest BCUT2D eigenvalue weighted by atomic mass is 16.6. The zero-order chi connectivity index (χ0) is 14.1. The number of nitriles is 1. The van der Waals surface area contributed by atoms with Crippen molar-refractivity contribution in [2.24, 2.45) is 7.05 Å². The summed E-state index contributed by atoms with van der Waals surface area (Å²) in [5.41, 5.74) is 1.91. The molecular formula is C15H15N3O2. The Balaban J connectivity index is 2.09. The molecule has 2 aromatic rings. The Morgan fingerprint density at radius 1 is 1.30 bits per heavy atom. The van der Waals surface area contributed by atoms with E-state index in [9.17, 15) is 5.26 Å². The third kappa shape index (κ3) is 1.99. The molecule has 3 rings (SSSR count). The lowest BCUT2D eigenvalue weighted by Gasteiger charge is -2.21. The molecule has 0 bridgehead atoms. The van der Waals surface area contributed by atoms with Gasteiger partial charge in [0.15, 0.2) is 11.5 Å². The van der Waals surface area contributed by atoms with Crippen molar-refractivity contribution in [1.82, 2.24) is 9.55 Å². The number of ether oxygens (including phenoxy) is 2. The first kappa shape index (κ1) is 12.5. The second-order valence-electron chi connectivity index (χ2n) is 4.81. The summed E-state index contributed by atoms with van der Waals surface area (Å²) in [6.45, 7) is 3.07. The van der Waals surface area contributed by atoms with Crippen LogP contribution < -0.4 is 9.47 Å². The Labute approximate surface area is 117 Å². The number of aryl methyl sites for hydroxylation is 2. The quantitative estimate of drug-likeness (QED) is 0.838. The zero-order valence-electron chi connectivity index (χ0n) is 11.5. The number of hydrogen-bond acceptors (Lipinski definition) is 4. The summed E-state index contributed by atoms with van der Waals surface area (Å²) in [5.74, 6) is 1.76. The Hall–Kier alpha value is -2.48. The molecule has 1 aromatic heterocycles. The molecule has 0 N–H and O–H groups in total. The van der Waals surface area contributed by atoms with Crippen LogP contribution in [0.5, 0.6) is 11.5 Å². The summed E-state index contributed by atoms with van der Waals surface area (Å²) in [4.78, 5) is 4.28. The molecule has 0 amide bonds. The summed E-state index contributed by atoms with van der Waals surface area (Å²) in [7, 11) is 1.89. The molecule has 1 unspecified atom stereocenters. The molecule has 1 aromatic carbocycles. The van der Waals surface area contributed by atoms with E-state index in [-0.39, 0.29) is 0 Å². The van der Waals surface area contributed by atoms with Crippen molar-refractivity contribution in [2.45, 2.75) is 12.8 Å². The highest BCUT2D eigenvalue weighted by molar-refractivity contribution is 5.51. The summed E-state index contributed by atoms with van der Waals surface area (Å²) in [6, 6.07) is 6.15. The molecule has 1 aliphatic heterocycles. The maximum absolute atomic E-state index is 9.53. The number of fused-ring (bicyclic) bond motifs is 1. The SMILES string of the molecule is Cc1cc2c(cc1C(C#N)c1nccn1C)OCCO2. The van der Waals surface area contributed by atoms with E-state index in [1.807, 2.05) is 36.9 Å². The van der Waals surface area contributed by atoms with Crippen LogP contribution in [0.15, 0.2) is 24.5 Å². The van der Waals surface area contributed by atoms with Gasteiger partial charge in [0.1, 0.15) is 25.0 Å². The standard InChI is InChI=1S/C15H15N3O2/c1-10-7-13-14(20-6-5-19-13)8-11(10)12(9-16)15-17-3-4-18(15)2/h3-4,7-8,12H,5-6H2,1-2H3. The largest absolute Gasteiger partial charge is 0.486 e. The van der Waals surface area contributed by atoms with Crippen LogP contribution in [0, 0.1) is 18.3 Å². The molecule has 2 heterocycles. The molecule has 0 saturated heterocycles. The average Bonchev–Trinajstić information content (AvgIpc) is 2.87. The Kier molecular flexibility index (Phi) is 3.07. The summed E-state index contributed by atoms with van der Waals surface area (Å²) < 4.78 is 13.0. The molecule has 5 heteroatoms. The first-order chi connectivity index (χ1) is 9.70. The summed E-state index contributed by atoms with van der Waals surface area (Å²) >= 11 is 0. The van der Waals surface area contributed by atoms with Crippen molar-refractivity contribution in [3.05, 3.63) is 41.5 Å². The Morgan fingerprint density at radius 2 is 2.00 bits per heavy atom. The molecule has 0 spiro atoms. The molecule has 1 aliphatic rings. The minimum Gasteiger partial charge on any atom is -0.486 e. The predicted molar refractivity (Wildman–Crippen MR) is 72.8 cm³/mol. The van der Waals surface area contributed by atoms with Gasteiger partial charge in [-0.2, -0.15) is 5.26 Å². The maximum atomic E-state index is 9.53. The second kappa shape index (κ2) is 4.89. The van der Waals surface area contributed by atoms with E-state index in [1.165, 1.54) is 0 Å². The highest BCUT2D eigenvalue weighted by Crippen LogP contribution is 2.37. The second-order valence-corrected chi connectivity index (χ2v) is 4.81. The fraction of sp³-hybridized carbons (Fsp3) is 0.333. The van der Waals surface area contributed by atoms with Gasteiger partial charge in [0.2, 0.25) is 0 Å². The topological polar surface area (TPSA) is 60.1 Å². The van der Waals surface area contributed by atoms with E-state index < -0.39 is 5.92 Å². The average molecular weight is 269 g/mol. The minimum absolute atomic E-state index is 0.411. The molecule has 20 heavy (non-hydrogen) atoms. The van der Waals surface area contributed by atoms with Crippen molar-refractivity contribution in [1.29, 1.82) is 5.26 Å². The molecule has 0 aliphatic carbocycles. The number of aromatic nitrogens is 2. The van der Waals surface area contributed by atoms with Gasteiger partial charge in [-0.15, -0.1) is 0 Å². The number of hydrogen-bond donors (Lipinski definition) is 0. The van der Waals surface area contributed by atoms with Crippen molar-refractivity contribution < 1.29 is 9.47 Å². The summed E-state index contributed by atoms with van der Waals surface area (Å²) in [5, 5.41) is 9.53. The predicted octanol–water partition coefficient (Wildman–Crippen LogP) is 2.16. The molecule has 1 atom stereocenters. The van der Waals surface area contributed by atoms with E-state index in [4.69, 9.17) is 9.47 Å². The van der Waals surface area contributed by atoms with E-state index in [1.54, 1.807) is 6.20 Å². The fourth-order valence-electron chi connectivity index (χ4n) is 2.44. The molecular weight excluding hydrogens is 254 g/mol. The van der Waals surface area contributed by atoms with Crippen LogP contribution in [0.25, 0.3) is 0 Å². The molecule has 0 radical (unpaired) electrons. The number of benzene rings is 1. The van der Waals surface area contributed by atoms with Gasteiger partial charge in [-0.3, -0.25) is 0 Å². The van der Waals surface area contributed by atoms with Crippen LogP contribution >= 0.6 is 0 Å². The van der Waals surface area contributed by atoms with Crippen LogP contribution in [0.1, 0.15) is 22.9 Å². The smallest absolute Gasteiger partial charge is 0.161 e. The molecule has 0 fully saturated rings. The first-order valence-electron chi connectivity index (χ1n) is 6.47. The van der Waals surface area contributed by atoms with Gasteiger partial charge in [-0.25, -0.2) is 4.98 Å². The Bertz CT molecular complexity index is 685. The normalized spacial score (nSPS) is 14.7. The number of nitrogens with zero attached hydrogens (tertiary/aromatic N) is 3. The van der Waals surface area contributed by atoms with E-state index in [0.29, 0.717) is 19.0 Å². The van der Waals surface area contributed by atoms with Gasteiger partial charge in [0.25, 0.3) is 0 Å². The van der Waals surface area contributed by atoms with Gasteiger partial charge in [0, 0.05) is 19.4 Å². The third-order valence-electron chi connectivity index (χ3n) is 3.49. The van der Waals surface area contributed by atoms with Crippen LogP contribution in [-0.2, 0) is 7.05 Å². The van der Waals surface area contributed by atoms with Crippen LogP contribution in [0.2, 0.25) is 0 Å². The maximum Gasteiger partial charge on any atom is 0.161 e.